The molecule has 0 saturated heterocycles. The second-order valence-corrected chi connectivity index (χ2v) is 7.18. The van der Waals surface area contributed by atoms with E-state index in [4.69, 9.17) is 4.74 Å². The first-order valence-corrected chi connectivity index (χ1v) is 8.73. The molecule has 3 aliphatic rings. The summed E-state index contributed by atoms with van der Waals surface area (Å²) in [6, 6.07) is 3.90. The van der Waals surface area contributed by atoms with Crippen molar-refractivity contribution in [2.75, 3.05) is 11.9 Å². The van der Waals surface area contributed by atoms with Gasteiger partial charge in [0.25, 0.3) is 5.91 Å². The third-order valence-electron chi connectivity index (χ3n) is 5.36. The fourth-order valence-electron chi connectivity index (χ4n) is 4.27. The molecule has 0 radical (unpaired) electrons. The van der Waals surface area contributed by atoms with Gasteiger partial charge in [-0.2, -0.15) is 0 Å². The number of rotatable bonds is 5. The van der Waals surface area contributed by atoms with E-state index in [1.165, 1.54) is 37.5 Å². The van der Waals surface area contributed by atoms with E-state index in [0.29, 0.717) is 18.3 Å². The van der Waals surface area contributed by atoms with E-state index in [9.17, 15) is 18.4 Å². The molecule has 2 fully saturated rings. The van der Waals surface area contributed by atoms with Crippen molar-refractivity contribution in [2.24, 2.45) is 17.8 Å². The van der Waals surface area contributed by atoms with Crippen molar-refractivity contribution in [1.29, 1.82) is 0 Å². The zero-order valence-electron chi connectivity index (χ0n) is 14.0. The van der Waals surface area contributed by atoms with Crippen molar-refractivity contribution in [3.05, 3.63) is 18.2 Å². The molecule has 1 aliphatic heterocycles. The zero-order chi connectivity index (χ0) is 18.3. The van der Waals surface area contributed by atoms with Crippen LogP contribution in [0.5, 0.6) is 11.5 Å². The first kappa shape index (κ1) is 17.1. The Labute approximate surface area is 148 Å². The van der Waals surface area contributed by atoms with E-state index < -0.39 is 18.8 Å². The second-order valence-electron chi connectivity index (χ2n) is 7.18. The second kappa shape index (κ2) is 6.41. The molecule has 3 atom stereocenters. The van der Waals surface area contributed by atoms with Gasteiger partial charge in [0.2, 0.25) is 0 Å². The van der Waals surface area contributed by atoms with Crippen LogP contribution in [0, 0.1) is 17.8 Å². The molecule has 1 N–H and O–H groups in total. The number of carbonyl (C=O) groups excluding carboxylic acids is 2. The number of carbonyl (C=O) groups is 2. The SMILES string of the molecule is O=C(COC(=O)C[C@H]1C[C@@H]2CC[C@@H]1C2)Nc1ccc2c(c1)OC(F)(F)O2. The molecule has 6 nitrogen and oxygen atoms in total. The van der Waals surface area contributed by atoms with Crippen LogP contribution in [0.25, 0.3) is 0 Å². The van der Waals surface area contributed by atoms with Crippen molar-refractivity contribution >= 4 is 17.6 Å². The Morgan fingerprint density at radius 3 is 2.73 bits per heavy atom. The van der Waals surface area contributed by atoms with Gasteiger partial charge in [-0.15, -0.1) is 8.78 Å². The fourth-order valence-corrected chi connectivity index (χ4v) is 4.27. The van der Waals surface area contributed by atoms with Gasteiger partial charge in [0.15, 0.2) is 18.1 Å². The van der Waals surface area contributed by atoms with Crippen molar-refractivity contribution in [3.63, 3.8) is 0 Å². The highest BCUT2D eigenvalue weighted by atomic mass is 19.3. The number of nitrogens with one attached hydrogen (secondary N) is 1. The van der Waals surface area contributed by atoms with Crippen molar-refractivity contribution in [3.8, 4) is 11.5 Å². The lowest BCUT2D eigenvalue weighted by atomic mass is 9.86. The molecule has 1 heterocycles. The summed E-state index contributed by atoms with van der Waals surface area (Å²) in [7, 11) is 0. The summed E-state index contributed by atoms with van der Waals surface area (Å²) >= 11 is 0. The molecule has 1 aromatic carbocycles. The number of halogens is 2. The highest BCUT2D eigenvalue weighted by molar-refractivity contribution is 5.93. The lowest BCUT2D eigenvalue weighted by Crippen LogP contribution is -2.26. The number of amides is 1. The molecule has 2 bridgehead atoms. The van der Waals surface area contributed by atoms with Gasteiger partial charge < -0.3 is 19.5 Å². The molecule has 140 valence electrons. The molecular weight excluding hydrogens is 348 g/mol. The highest BCUT2D eigenvalue weighted by Gasteiger charge is 2.43. The summed E-state index contributed by atoms with van der Waals surface area (Å²) in [6.45, 7) is -0.412. The van der Waals surface area contributed by atoms with Crippen LogP contribution >= 0.6 is 0 Å². The van der Waals surface area contributed by atoms with E-state index in [0.717, 1.165) is 12.3 Å². The summed E-state index contributed by atoms with van der Waals surface area (Å²) in [5.41, 5.74) is 0.249. The first-order valence-electron chi connectivity index (χ1n) is 8.73. The Balaban J connectivity index is 1.24. The van der Waals surface area contributed by atoms with Crippen LogP contribution < -0.4 is 14.8 Å². The summed E-state index contributed by atoms with van der Waals surface area (Å²) in [6.07, 6.45) is 1.38. The molecule has 4 rings (SSSR count). The molecule has 1 amide bonds. The molecular formula is C18H19F2NO5. The summed E-state index contributed by atoms with van der Waals surface area (Å²) in [4.78, 5) is 23.8. The summed E-state index contributed by atoms with van der Waals surface area (Å²) in [5, 5.41) is 2.48. The summed E-state index contributed by atoms with van der Waals surface area (Å²) < 4.78 is 39.6. The Hall–Kier alpha value is -2.38. The zero-order valence-corrected chi connectivity index (χ0v) is 14.0. The molecule has 0 unspecified atom stereocenters. The van der Waals surface area contributed by atoms with Crippen LogP contribution in [0.4, 0.5) is 14.5 Å². The van der Waals surface area contributed by atoms with E-state index in [1.807, 2.05) is 0 Å². The highest BCUT2D eigenvalue weighted by Crippen LogP contribution is 2.49. The Morgan fingerprint density at radius 1 is 1.19 bits per heavy atom. The third kappa shape index (κ3) is 3.59. The molecule has 2 saturated carbocycles. The minimum absolute atomic E-state index is 0.106. The van der Waals surface area contributed by atoms with E-state index >= 15 is 0 Å². The minimum atomic E-state index is -3.71. The van der Waals surface area contributed by atoms with Gasteiger partial charge in [0.1, 0.15) is 0 Å². The molecule has 1 aromatic rings. The number of alkyl halides is 2. The van der Waals surface area contributed by atoms with Crippen LogP contribution in [0.3, 0.4) is 0 Å². The van der Waals surface area contributed by atoms with E-state index in [2.05, 4.69) is 14.8 Å². The van der Waals surface area contributed by atoms with Crippen LogP contribution in [-0.4, -0.2) is 24.8 Å². The molecule has 8 heteroatoms. The van der Waals surface area contributed by atoms with Gasteiger partial charge in [-0.25, -0.2) is 0 Å². The molecule has 0 aromatic heterocycles. The van der Waals surface area contributed by atoms with Gasteiger partial charge >= 0.3 is 12.3 Å². The fraction of sp³-hybridized carbons (Fsp3) is 0.556. The van der Waals surface area contributed by atoms with Gasteiger partial charge in [0, 0.05) is 18.2 Å². The average molecular weight is 367 g/mol. The van der Waals surface area contributed by atoms with Crippen LogP contribution in [-0.2, 0) is 14.3 Å². The quantitative estimate of drug-likeness (QED) is 0.808. The average Bonchev–Trinajstić information content (AvgIpc) is 3.25. The number of fused-ring (bicyclic) bond motifs is 3. The minimum Gasteiger partial charge on any atom is -0.456 e. The van der Waals surface area contributed by atoms with Crippen molar-refractivity contribution in [1.82, 2.24) is 0 Å². The van der Waals surface area contributed by atoms with Gasteiger partial charge in [0.05, 0.1) is 0 Å². The van der Waals surface area contributed by atoms with Crippen molar-refractivity contribution in [2.45, 2.75) is 38.4 Å². The van der Waals surface area contributed by atoms with Crippen molar-refractivity contribution < 1.29 is 32.6 Å². The smallest absolute Gasteiger partial charge is 0.456 e. The predicted molar refractivity (Wildman–Crippen MR) is 85.8 cm³/mol. The van der Waals surface area contributed by atoms with Crippen LogP contribution in [0.15, 0.2) is 18.2 Å². The monoisotopic (exact) mass is 367 g/mol. The number of esters is 1. The van der Waals surface area contributed by atoms with Gasteiger partial charge in [-0.3, -0.25) is 9.59 Å². The Kier molecular flexibility index (Phi) is 4.20. The molecule has 2 aliphatic carbocycles. The predicted octanol–water partition coefficient (Wildman–Crippen LogP) is 3.32. The van der Waals surface area contributed by atoms with Gasteiger partial charge in [-0.1, -0.05) is 6.42 Å². The third-order valence-corrected chi connectivity index (χ3v) is 5.36. The first-order chi connectivity index (χ1) is 12.4. The maximum absolute atomic E-state index is 13.0. The normalized spacial score (nSPS) is 27.4. The number of anilines is 1. The van der Waals surface area contributed by atoms with Gasteiger partial charge in [-0.05, 0) is 49.1 Å². The molecule has 26 heavy (non-hydrogen) atoms. The van der Waals surface area contributed by atoms with E-state index in [-0.39, 0.29) is 23.2 Å². The number of benzene rings is 1. The largest absolute Gasteiger partial charge is 0.586 e. The number of hydrogen-bond acceptors (Lipinski definition) is 5. The number of hydrogen-bond donors (Lipinski definition) is 1. The topological polar surface area (TPSA) is 73.9 Å². The van der Waals surface area contributed by atoms with E-state index in [1.54, 1.807) is 0 Å². The Bertz CT molecular complexity index is 738. The lowest BCUT2D eigenvalue weighted by Gasteiger charge is -2.20. The number of ether oxygens (including phenoxy) is 3. The molecule has 0 spiro atoms. The maximum Gasteiger partial charge on any atom is 0.586 e. The van der Waals surface area contributed by atoms with Crippen LogP contribution in [0.2, 0.25) is 0 Å². The Morgan fingerprint density at radius 2 is 2.00 bits per heavy atom. The lowest BCUT2D eigenvalue weighted by molar-refractivity contribution is -0.286. The van der Waals surface area contributed by atoms with Crippen LogP contribution in [0.1, 0.15) is 32.1 Å². The summed E-state index contributed by atoms with van der Waals surface area (Å²) in [5.74, 6) is 0.554. The maximum atomic E-state index is 13.0. The standard InChI is InChI=1S/C18H19F2NO5/c19-18(20)25-14-4-3-13(8-15(14)26-18)21-16(22)9-24-17(23)7-12-6-10-1-2-11(12)5-10/h3-4,8,10-12H,1-2,5-7,9H2,(H,21,22)/t10-,11-,12-/m1/s1.